The minimum absolute atomic E-state index is 0.161. The number of benzene rings is 2. The lowest BCUT2D eigenvalue weighted by atomic mass is 10.1. The molecule has 0 aliphatic carbocycles. The summed E-state index contributed by atoms with van der Waals surface area (Å²) in [6, 6.07) is 15.0. The average Bonchev–Trinajstić information content (AvgIpc) is 2.85. The summed E-state index contributed by atoms with van der Waals surface area (Å²) in [5.74, 6) is 2.36. The largest absolute Gasteiger partial charge is 0.495 e. The minimum atomic E-state index is 0.161. The van der Waals surface area contributed by atoms with Gasteiger partial charge in [-0.3, -0.25) is 0 Å². The molecule has 1 fully saturated rings. The van der Waals surface area contributed by atoms with Crippen molar-refractivity contribution in [3.8, 4) is 34.6 Å². The monoisotopic (exact) mass is 445 g/mol. The summed E-state index contributed by atoms with van der Waals surface area (Å²) in [6.45, 7) is 2.04. The summed E-state index contributed by atoms with van der Waals surface area (Å²) >= 11 is 0. The molecule has 0 spiro atoms. The highest BCUT2D eigenvalue weighted by atomic mass is 16.5. The molecule has 1 aliphatic rings. The molecule has 0 saturated carbocycles. The molecular weight excluding hydrogens is 418 g/mol. The molecule has 8 nitrogen and oxygen atoms in total. The zero-order chi connectivity index (χ0) is 23.2. The van der Waals surface area contributed by atoms with Crippen molar-refractivity contribution in [1.29, 1.82) is 5.26 Å². The molecule has 170 valence electrons. The van der Waals surface area contributed by atoms with Crippen LogP contribution in [0.5, 0.6) is 17.2 Å². The zero-order valence-corrected chi connectivity index (χ0v) is 19.0. The van der Waals surface area contributed by atoms with E-state index in [4.69, 9.17) is 14.2 Å². The van der Waals surface area contributed by atoms with E-state index in [0.29, 0.717) is 34.5 Å². The van der Waals surface area contributed by atoms with Gasteiger partial charge < -0.3 is 24.4 Å². The van der Waals surface area contributed by atoms with Crippen LogP contribution in [0.3, 0.4) is 0 Å². The van der Waals surface area contributed by atoms with Gasteiger partial charge in [0.1, 0.15) is 17.9 Å². The Kier molecular flexibility index (Phi) is 6.91. The van der Waals surface area contributed by atoms with Crippen molar-refractivity contribution in [1.82, 2.24) is 14.9 Å². The van der Waals surface area contributed by atoms with Crippen molar-refractivity contribution in [3.05, 3.63) is 54.2 Å². The molecule has 0 unspecified atom stereocenters. The fourth-order valence-electron chi connectivity index (χ4n) is 3.79. The number of nitrogens with zero attached hydrogens (tertiary/aromatic N) is 4. The molecule has 0 amide bonds. The van der Waals surface area contributed by atoms with Crippen LogP contribution < -0.4 is 19.5 Å². The van der Waals surface area contributed by atoms with Crippen molar-refractivity contribution in [2.24, 2.45) is 0 Å². The van der Waals surface area contributed by atoms with E-state index in [1.807, 2.05) is 24.3 Å². The maximum absolute atomic E-state index is 9.37. The number of nitrogens with one attached hydrogen (secondary N) is 1. The Balaban J connectivity index is 1.54. The van der Waals surface area contributed by atoms with Gasteiger partial charge in [-0.05, 0) is 56.3 Å². The number of hydrogen-bond acceptors (Lipinski definition) is 8. The second kappa shape index (κ2) is 10.2. The SMILES string of the molecule is COc1ccc(-c2ccnc(Nc3ccc(OC)c(OC4CCN(C)CC4)c3)n2)cc1C#N. The van der Waals surface area contributed by atoms with Gasteiger partial charge in [0.25, 0.3) is 0 Å². The van der Waals surface area contributed by atoms with Crippen LogP contribution in [-0.4, -0.2) is 55.3 Å². The first-order chi connectivity index (χ1) is 16.1. The van der Waals surface area contributed by atoms with Gasteiger partial charge in [-0.15, -0.1) is 0 Å². The zero-order valence-electron chi connectivity index (χ0n) is 19.0. The second-order valence-electron chi connectivity index (χ2n) is 7.90. The summed E-state index contributed by atoms with van der Waals surface area (Å²) in [7, 11) is 5.31. The Morgan fingerprint density at radius 3 is 2.48 bits per heavy atom. The molecule has 1 aromatic heterocycles. The topological polar surface area (TPSA) is 92.5 Å². The molecule has 4 rings (SSSR count). The van der Waals surface area contributed by atoms with Gasteiger partial charge in [0.05, 0.1) is 25.5 Å². The maximum atomic E-state index is 9.37. The average molecular weight is 446 g/mol. The lowest BCUT2D eigenvalue weighted by molar-refractivity contribution is 0.111. The van der Waals surface area contributed by atoms with Gasteiger partial charge in [-0.2, -0.15) is 5.26 Å². The van der Waals surface area contributed by atoms with E-state index < -0.39 is 0 Å². The third-order valence-electron chi connectivity index (χ3n) is 5.65. The van der Waals surface area contributed by atoms with Crippen molar-refractivity contribution >= 4 is 11.6 Å². The van der Waals surface area contributed by atoms with E-state index in [0.717, 1.165) is 37.2 Å². The van der Waals surface area contributed by atoms with Gasteiger partial charge in [-0.1, -0.05) is 0 Å². The first-order valence-electron chi connectivity index (χ1n) is 10.8. The summed E-state index contributed by atoms with van der Waals surface area (Å²) in [6.07, 6.45) is 3.80. The van der Waals surface area contributed by atoms with E-state index in [-0.39, 0.29) is 6.10 Å². The highest BCUT2D eigenvalue weighted by molar-refractivity contribution is 5.66. The quantitative estimate of drug-likeness (QED) is 0.577. The molecule has 8 heteroatoms. The van der Waals surface area contributed by atoms with Crippen molar-refractivity contribution in [2.75, 3.05) is 39.7 Å². The van der Waals surface area contributed by atoms with Crippen LogP contribution in [0.1, 0.15) is 18.4 Å². The number of likely N-dealkylation sites (tertiary alicyclic amines) is 1. The normalized spacial score (nSPS) is 14.4. The van der Waals surface area contributed by atoms with Gasteiger partial charge in [0.2, 0.25) is 5.95 Å². The molecule has 1 saturated heterocycles. The third kappa shape index (κ3) is 5.33. The molecular formula is C25H27N5O3. The van der Waals surface area contributed by atoms with Crippen LogP contribution in [0.4, 0.5) is 11.6 Å². The fourth-order valence-corrected chi connectivity index (χ4v) is 3.79. The van der Waals surface area contributed by atoms with Crippen LogP contribution >= 0.6 is 0 Å². The van der Waals surface area contributed by atoms with Gasteiger partial charge >= 0.3 is 0 Å². The fraction of sp³-hybridized carbons (Fsp3) is 0.320. The van der Waals surface area contributed by atoms with E-state index >= 15 is 0 Å². The lowest BCUT2D eigenvalue weighted by Gasteiger charge is -2.29. The maximum Gasteiger partial charge on any atom is 0.227 e. The third-order valence-corrected chi connectivity index (χ3v) is 5.65. The molecule has 2 aromatic carbocycles. The predicted octanol–water partition coefficient (Wildman–Crippen LogP) is 4.25. The molecule has 2 heterocycles. The van der Waals surface area contributed by atoms with Gasteiger partial charge in [0.15, 0.2) is 11.5 Å². The Morgan fingerprint density at radius 2 is 1.76 bits per heavy atom. The van der Waals surface area contributed by atoms with Crippen LogP contribution in [0.2, 0.25) is 0 Å². The first-order valence-corrected chi connectivity index (χ1v) is 10.8. The Hall–Kier alpha value is -3.83. The molecule has 3 aromatic rings. The molecule has 33 heavy (non-hydrogen) atoms. The Bertz CT molecular complexity index is 1150. The summed E-state index contributed by atoms with van der Waals surface area (Å²) in [5.41, 5.74) is 2.75. The second-order valence-corrected chi connectivity index (χ2v) is 7.90. The van der Waals surface area contributed by atoms with E-state index in [9.17, 15) is 5.26 Å². The molecule has 0 radical (unpaired) electrons. The smallest absolute Gasteiger partial charge is 0.227 e. The highest BCUT2D eigenvalue weighted by Crippen LogP contribution is 2.33. The predicted molar refractivity (Wildman–Crippen MR) is 126 cm³/mol. The summed E-state index contributed by atoms with van der Waals surface area (Å²) in [4.78, 5) is 11.3. The van der Waals surface area contributed by atoms with E-state index in [1.165, 1.54) is 0 Å². The van der Waals surface area contributed by atoms with Crippen molar-refractivity contribution in [2.45, 2.75) is 18.9 Å². The minimum Gasteiger partial charge on any atom is -0.495 e. The number of anilines is 2. The highest BCUT2D eigenvalue weighted by Gasteiger charge is 2.20. The Morgan fingerprint density at radius 1 is 1.00 bits per heavy atom. The molecule has 1 N–H and O–H groups in total. The van der Waals surface area contributed by atoms with Gasteiger partial charge in [-0.25, -0.2) is 9.97 Å². The number of ether oxygens (including phenoxy) is 3. The van der Waals surface area contributed by atoms with Crippen LogP contribution in [0.25, 0.3) is 11.3 Å². The molecule has 0 bridgehead atoms. The number of rotatable bonds is 7. The van der Waals surface area contributed by atoms with Crippen LogP contribution in [0.15, 0.2) is 48.7 Å². The first kappa shape index (κ1) is 22.4. The number of hydrogen-bond donors (Lipinski definition) is 1. The number of piperidine rings is 1. The number of methoxy groups -OCH3 is 2. The molecule has 0 atom stereocenters. The van der Waals surface area contributed by atoms with Gasteiger partial charge in [0, 0.05) is 36.6 Å². The van der Waals surface area contributed by atoms with Crippen LogP contribution in [0, 0.1) is 11.3 Å². The van der Waals surface area contributed by atoms with E-state index in [2.05, 4.69) is 33.3 Å². The Labute approximate surface area is 193 Å². The van der Waals surface area contributed by atoms with Crippen molar-refractivity contribution in [3.63, 3.8) is 0 Å². The standard InChI is InChI=1S/C25H27N5O3/c1-30-12-9-20(10-13-30)33-24-15-19(5-7-23(24)32-3)28-25-27-11-8-21(29-25)17-4-6-22(31-2)18(14-17)16-26/h4-8,11,14-15,20H,9-10,12-13H2,1-3H3,(H,27,28,29). The summed E-state index contributed by atoms with van der Waals surface area (Å²) < 4.78 is 17.0. The van der Waals surface area contributed by atoms with E-state index in [1.54, 1.807) is 38.6 Å². The van der Waals surface area contributed by atoms with Crippen LogP contribution in [-0.2, 0) is 0 Å². The number of aromatic nitrogens is 2. The van der Waals surface area contributed by atoms with Crippen molar-refractivity contribution < 1.29 is 14.2 Å². The summed E-state index contributed by atoms with van der Waals surface area (Å²) in [5, 5.41) is 12.6. The lowest BCUT2D eigenvalue weighted by Crippen LogP contribution is -2.35. The molecule has 1 aliphatic heterocycles. The number of nitriles is 1.